The van der Waals surface area contributed by atoms with Crippen LogP contribution in [-0.2, 0) is 14.9 Å². The largest absolute Gasteiger partial charge is 0.497 e. The Labute approximate surface area is 188 Å². The molecule has 2 aliphatic rings. The standard InChI is InChI=1S/C25H41N3O3/c1-4-26-23(27-19-24(13-16-29-2)11-5-6-12-24)28-20-25(14-17-31-18-15-25)21-7-9-22(30-3)10-8-21/h7-10H,4-6,11-20H2,1-3H3,(H2,26,27,28). The van der Waals surface area contributed by atoms with E-state index >= 15 is 0 Å². The topological polar surface area (TPSA) is 64.1 Å². The van der Waals surface area contributed by atoms with Crippen molar-refractivity contribution in [2.75, 3.05) is 53.7 Å². The van der Waals surface area contributed by atoms with E-state index in [9.17, 15) is 0 Å². The summed E-state index contributed by atoms with van der Waals surface area (Å²) in [6, 6.07) is 8.53. The predicted molar refractivity (Wildman–Crippen MR) is 126 cm³/mol. The van der Waals surface area contributed by atoms with Gasteiger partial charge in [0.15, 0.2) is 5.96 Å². The number of nitrogens with zero attached hydrogens (tertiary/aromatic N) is 1. The molecule has 0 atom stereocenters. The van der Waals surface area contributed by atoms with Crippen LogP contribution in [0.5, 0.6) is 5.75 Å². The minimum absolute atomic E-state index is 0.0435. The lowest BCUT2D eigenvalue weighted by atomic mass is 9.74. The lowest BCUT2D eigenvalue weighted by Crippen LogP contribution is -2.48. The number of methoxy groups -OCH3 is 2. The molecule has 0 bridgehead atoms. The highest BCUT2D eigenvalue weighted by molar-refractivity contribution is 5.80. The van der Waals surface area contributed by atoms with Crippen LogP contribution in [0.25, 0.3) is 0 Å². The van der Waals surface area contributed by atoms with Crippen LogP contribution < -0.4 is 15.4 Å². The summed E-state index contributed by atoms with van der Waals surface area (Å²) < 4.78 is 16.4. The third-order valence-corrected chi connectivity index (χ3v) is 7.16. The molecule has 1 aromatic carbocycles. The molecule has 6 nitrogen and oxygen atoms in total. The number of rotatable bonds is 10. The quantitative estimate of drug-likeness (QED) is 0.435. The first-order chi connectivity index (χ1) is 15.2. The Hall–Kier alpha value is -1.79. The van der Waals surface area contributed by atoms with E-state index in [1.54, 1.807) is 14.2 Å². The molecule has 3 rings (SSSR count). The van der Waals surface area contributed by atoms with Gasteiger partial charge in [-0.1, -0.05) is 25.0 Å². The van der Waals surface area contributed by atoms with Gasteiger partial charge in [-0.15, -0.1) is 0 Å². The summed E-state index contributed by atoms with van der Waals surface area (Å²) in [6.07, 6.45) is 8.24. The number of benzene rings is 1. The zero-order valence-electron chi connectivity index (χ0n) is 19.7. The Balaban J connectivity index is 1.71. The molecule has 0 radical (unpaired) electrons. The monoisotopic (exact) mass is 431 g/mol. The fourth-order valence-electron chi connectivity index (χ4n) is 5.05. The number of hydrogen-bond acceptors (Lipinski definition) is 4. The summed E-state index contributed by atoms with van der Waals surface area (Å²) in [5.74, 6) is 1.82. The van der Waals surface area contributed by atoms with Crippen LogP contribution in [0.4, 0.5) is 0 Å². The van der Waals surface area contributed by atoms with E-state index < -0.39 is 0 Å². The summed E-state index contributed by atoms with van der Waals surface area (Å²) in [5, 5.41) is 7.14. The summed E-state index contributed by atoms with van der Waals surface area (Å²) in [7, 11) is 3.51. The third-order valence-electron chi connectivity index (χ3n) is 7.16. The van der Waals surface area contributed by atoms with Crippen molar-refractivity contribution in [3.63, 3.8) is 0 Å². The van der Waals surface area contributed by atoms with Gasteiger partial charge >= 0.3 is 0 Å². The van der Waals surface area contributed by atoms with E-state index in [-0.39, 0.29) is 5.41 Å². The zero-order valence-corrected chi connectivity index (χ0v) is 19.7. The highest BCUT2D eigenvalue weighted by Crippen LogP contribution is 2.41. The maximum atomic E-state index is 5.70. The van der Waals surface area contributed by atoms with E-state index in [4.69, 9.17) is 19.2 Å². The second-order valence-corrected chi connectivity index (χ2v) is 9.12. The van der Waals surface area contributed by atoms with Gasteiger partial charge in [0.25, 0.3) is 0 Å². The predicted octanol–water partition coefficient (Wildman–Crippen LogP) is 3.90. The summed E-state index contributed by atoms with van der Waals surface area (Å²) in [4.78, 5) is 5.04. The number of hydrogen-bond donors (Lipinski definition) is 2. The van der Waals surface area contributed by atoms with Gasteiger partial charge in [-0.3, -0.25) is 4.99 Å². The van der Waals surface area contributed by atoms with E-state index in [0.29, 0.717) is 5.41 Å². The fraction of sp³-hybridized carbons (Fsp3) is 0.720. The maximum absolute atomic E-state index is 5.70. The van der Waals surface area contributed by atoms with Crippen molar-refractivity contribution in [3.05, 3.63) is 29.8 Å². The molecular formula is C25H41N3O3. The molecule has 1 aromatic rings. The second kappa shape index (κ2) is 11.7. The van der Waals surface area contributed by atoms with Gasteiger partial charge < -0.3 is 24.8 Å². The first-order valence-electron chi connectivity index (χ1n) is 11.9. The van der Waals surface area contributed by atoms with E-state index in [2.05, 4.69) is 41.8 Å². The maximum Gasteiger partial charge on any atom is 0.191 e. The van der Waals surface area contributed by atoms with Gasteiger partial charge in [-0.25, -0.2) is 0 Å². The Morgan fingerprint density at radius 3 is 2.35 bits per heavy atom. The van der Waals surface area contributed by atoms with Crippen LogP contribution in [0.15, 0.2) is 29.3 Å². The summed E-state index contributed by atoms with van der Waals surface area (Å²) in [5.41, 5.74) is 1.68. The van der Waals surface area contributed by atoms with Gasteiger partial charge in [0.05, 0.1) is 7.11 Å². The molecule has 1 aliphatic carbocycles. The molecule has 6 heteroatoms. The fourth-order valence-corrected chi connectivity index (χ4v) is 5.05. The SMILES string of the molecule is CCNC(=NCC1(CCOC)CCCC1)NCC1(c2ccc(OC)cc2)CCOCC1. The highest BCUT2D eigenvalue weighted by atomic mass is 16.5. The first-order valence-corrected chi connectivity index (χ1v) is 11.9. The second-order valence-electron chi connectivity index (χ2n) is 9.12. The lowest BCUT2D eigenvalue weighted by Gasteiger charge is -2.38. The molecular weight excluding hydrogens is 390 g/mol. The molecule has 1 aliphatic heterocycles. The Morgan fingerprint density at radius 2 is 1.74 bits per heavy atom. The van der Waals surface area contributed by atoms with Crippen LogP contribution in [0.2, 0.25) is 0 Å². The van der Waals surface area contributed by atoms with Crippen LogP contribution in [0, 0.1) is 5.41 Å². The molecule has 0 unspecified atom stereocenters. The molecule has 0 amide bonds. The van der Waals surface area contributed by atoms with Crippen molar-refractivity contribution in [1.29, 1.82) is 0 Å². The van der Waals surface area contributed by atoms with Crippen molar-refractivity contribution in [3.8, 4) is 5.75 Å². The molecule has 2 N–H and O–H groups in total. The summed E-state index contributed by atoms with van der Waals surface area (Å²) >= 11 is 0. The summed E-state index contributed by atoms with van der Waals surface area (Å²) in [6.45, 7) is 7.10. The van der Waals surface area contributed by atoms with Crippen molar-refractivity contribution >= 4 is 5.96 Å². The smallest absolute Gasteiger partial charge is 0.191 e. The van der Waals surface area contributed by atoms with Crippen LogP contribution in [0.3, 0.4) is 0 Å². The molecule has 2 fully saturated rings. The molecule has 31 heavy (non-hydrogen) atoms. The van der Waals surface area contributed by atoms with Crippen molar-refractivity contribution in [1.82, 2.24) is 10.6 Å². The van der Waals surface area contributed by atoms with E-state index in [1.807, 2.05) is 0 Å². The molecule has 0 aromatic heterocycles. The van der Waals surface area contributed by atoms with E-state index in [1.165, 1.54) is 31.2 Å². The van der Waals surface area contributed by atoms with Crippen LogP contribution in [-0.4, -0.2) is 59.6 Å². The number of guanidine groups is 1. The Kier molecular flexibility index (Phi) is 9.02. The highest BCUT2D eigenvalue weighted by Gasteiger charge is 2.35. The Bertz CT molecular complexity index is 678. The van der Waals surface area contributed by atoms with Gasteiger partial charge in [-0.2, -0.15) is 0 Å². The minimum Gasteiger partial charge on any atom is -0.497 e. The first kappa shape index (κ1) is 23.9. The van der Waals surface area contributed by atoms with Crippen LogP contribution >= 0.6 is 0 Å². The number of aliphatic imine (C=N–C) groups is 1. The van der Waals surface area contributed by atoms with Gasteiger partial charge in [0.2, 0.25) is 0 Å². The average molecular weight is 432 g/mol. The Morgan fingerprint density at radius 1 is 1.03 bits per heavy atom. The zero-order chi connectivity index (χ0) is 22.0. The lowest BCUT2D eigenvalue weighted by molar-refractivity contribution is 0.0513. The van der Waals surface area contributed by atoms with E-state index in [0.717, 1.165) is 70.4 Å². The van der Waals surface area contributed by atoms with Gasteiger partial charge in [0, 0.05) is 52.0 Å². The molecule has 1 saturated heterocycles. The normalized spacial score (nSPS) is 20.4. The van der Waals surface area contributed by atoms with Gasteiger partial charge in [0.1, 0.15) is 5.75 Å². The number of ether oxygens (including phenoxy) is 3. The van der Waals surface area contributed by atoms with Crippen molar-refractivity contribution < 1.29 is 14.2 Å². The van der Waals surface area contributed by atoms with Gasteiger partial charge in [-0.05, 0) is 62.1 Å². The molecule has 1 saturated carbocycles. The molecule has 174 valence electrons. The molecule has 0 spiro atoms. The van der Waals surface area contributed by atoms with Crippen molar-refractivity contribution in [2.45, 2.75) is 57.3 Å². The average Bonchev–Trinajstić information content (AvgIpc) is 3.29. The third kappa shape index (κ3) is 6.36. The van der Waals surface area contributed by atoms with Crippen LogP contribution in [0.1, 0.15) is 57.4 Å². The van der Waals surface area contributed by atoms with Crippen molar-refractivity contribution in [2.24, 2.45) is 10.4 Å². The molecule has 1 heterocycles. The minimum atomic E-state index is 0.0435. The number of nitrogens with one attached hydrogen (secondary N) is 2.